The molecule has 3 heterocycles. The highest BCUT2D eigenvalue weighted by molar-refractivity contribution is 6.17. The Morgan fingerprint density at radius 1 is 1.25 bits per heavy atom. The molecule has 0 fully saturated rings. The Hall–Kier alpha value is -1.94. The SMILES string of the molecule is Cc1ccncc1Cn1c(CCCl)nc2cccnc21. The van der Waals surface area contributed by atoms with E-state index in [0.717, 1.165) is 30.0 Å². The molecular formula is C15H15ClN4. The predicted octanol–water partition coefficient (Wildman–Crippen LogP) is 2.96. The molecular weight excluding hydrogens is 272 g/mol. The molecule has 0 radical (unpaired) electrons. The van der Waals surface area contributed by atoms with Crippen LogP contribution in [0.5, 0.6) is 0 Å². The van der Waals surface area contributed by atoms with Crippen molar-refractivity contribution in [3.8, 4) is 0 Å². The Kier molecular flexibility index (Phi) is 3.65. The highest BCUT2D eigenvalue weighted by atomic mass is 35.5. The number of nitrogens with zero attached hydrogens (tertiary/aromatic N) is 4. The van der Waals surface area contributed by atoms with E-state index in [1.165, 1.54) is 11.1 Å². The van der Waals surface area contributed by atoms with Crippen molar-refractivity contribution in [3.63, 3.8) is 0 Å². The van der Waals surface area contributed by atoms with E-state index in [1.807, 2.05) is 30.6 Å². The van der Waals surface area contributed by atoms with Gasteiger partial charge in [0.2, 0.25) is 0 Å². The zero-order valence-corrected chi connectivity index (χ0v) is 12.0. The van der Waals surface area contributed by atoms with E-state index in [0.29, 0.717) is 5.88 Å². The number of hydrogen-bond donors (Lipinski definition) is 0. The molecule has 0 unspecified atom stereocenters. The monoisotopic (exact) mass is 286 g/mol. The fourth-order valence-corrected chi connectivity index (χ4v) is 2.45. The largest absolute Gasteiger partial charge is 0.308 e. The van der Waals surface area contributed by atoms with Crippen LogP contribution < -0.4 is 0 Å². The first kappa shape index (κ1) is 13.1. The normalized spacial score (nSPS) is 11.1. The lowest BCUT2D eigenvalue weighted by Gasteiger charge is -2.09. The van der Waals surface area contributed by atoms with E-state index in [2.05, 4.69) is 26.4 Å². The van der Waals surface area contributed by atoms with Crippen molar-refractivity contribution in [2.75, 3.05) is 5.88 Å². The average Bonchev–Trinajstić information content (AvgIpc) is 2.80. The van der Waals surface area contributed by atoms with Crippen molar-refractivity contribution in [1.82, 2.24) is 19.5 Å². The van der Waals surface area contributed by atoms with Crippen molar-refractivity contribution >= 4 is 22.8 Å². The number of aryl methyl sites for hydroxylation is 2. The van der Waals surface area contributed by atoms with E-state index in [9.17, 15) is 0 Å². The Bertz CT molecular complexity index is 736. The van der Waals surface area contributed by atoms with Crippen LogP contribution in [-0.2, 0) is 13.0 Å². The van der Waals surface area contributed by atoms with Crippen LogP contribution in [0, 0.1) is 6.92 Å². The number of alkyl halides is 1. The standard InChI is InChI=1S/C15H15ClN4/c1-11-5-8-17-9-12(11)10-20-14(4-6-16)19-13-3-2-7-18-15(13)20/h2-3,5,7-9H,4,6,10H2,1H3. The third-order valence-corrected chi connectivity index (χ3v) is 3.57. The molecule has 0 N–H and O–H groups in total. The van der Waals surface area contributed by atoms with Crippen molar-refractivity contribution < 1.29 is 0 Å². The molecule has 3 aromatic heterocycles. The van der Waals surface area contributed by atoms with Gasteiger partial charge < -0.3 is 4.57 Å². The molecule has 0 spiro atoms. The highest BCUT2D eigenvalue weighted by Gasteiger charge is 2.12. The molecule has 0 bridgehead atoms. The summed E-state index contributed by atoms with van der Waals surface area (Å²) in [6.07, 6.45) is 6.23. The molecule has 3 aromatic rings. The fourth-order valence-electron chi connectivity index (χ4n) is 2.28. The van der Waals surface area contributed by atoms with Crippen LogP contribution in [0.4, 0.5) is 0 Å². The molecule has 0 aromatic carbocycles. The molecule has 102 valence electrons. The van der Waals surface area contributed by atoms with Crippen LogP contribution in [0.2, 0.25) is 0 Å². The molecule has 0 amide bonds. The summed E-state index contributed by atoms with van der Waals surface area (Å²) in [7, 11) is 0. The number of pyridine rings is 2. The van der Waals surface area contributed by atoms with Crippen molar-refractivity contribution in [3.05, 3.63) is 53.7 Å². The first-order valence-corrected chi connectivity index (χ1v) is 7.08. The Morgan fingerprint density at radius 3 is 2.95 bits per heavy atom. The summed E-state index contributed by atoms with van der Waals surface area (Å²) in [5, 5.41) is 0. The summed E-state index contributed by atoms with van der Waals surface area (Å²) in [6.45, 7) is 2.81. The van der Waals surface area contributed by atoms with Crippen LogP contribution in [0.25, 0.3) is 11.2 Å². The summed E-state index contributed by atoms with van der Waals surface area (Å²) in [6, 6.07) is 5.90. The summed E-state index contributed by atoms with van der Waals surface area (Å²) < 4.78 is 2.13. The van der Waals surface area contributed by atoms with E-state index >= 15 is 0 Å². The number of aromatic nitrogens is 4. The number of fused-ring (bicyclic) bond motifs is 1. The third-order valence-electron chi connectivity index (χ3n) is 3.38. The molecule has 0 aliphatic rings. The second-order valence-corrected chi connectivity index (χ2v) is 5.08. The van der Waals surface area contributed by atoms with Gasteiger partial charge in [-0.15, -0.1) is 11.6 Å². The summed E-state index contributed by atoms with van der Waals surface area (Å²) in [4.78, 5) is 13.3. The minimum atomic E-state index is 0.551. The average molecular weight is 287 g/mol. The van der Waals surface area contributed by atoms with Gasteiger partial charge in [0.15, 0.2) is 5.65 Å². The zero-order chi connectivity index (χ0) is 13.9. The van der Waals surface area contributed by atoms with Gasteiger partial charge in [-0.2, -0.15) is 0 Å². The lowest BCUT2D eigenvalue weighted by molar-refractivity contribution is 0.741. The minimum Gasteiger partial charge on any atom is -0.308 e. The second kappa shape index (κ2) is 5.59. The predicted molar refractivity (Wildman–Crippen MR) is 80.0 cm³/mol. The van der Waals surface area contributed by atoms with E-state index in [-0.39, 0.29) is 0 Å². The molecule has 20 heavy (non-hydrogen) atoms. The molecule has 5 heteroatoms. The number of rotatable bonds is 4. The quantitative estimate of drug-likeness (QED) is 0.693. The van der Waals surface area contributed by atoms with Gasteiger partial charge in [-0.25, -0.2) is 9.97 Å². The second-order valence-electron chi connectivity index (χ2n) is 4.70. The lowest BCUT2D eigenvalue weighted by Crippen LogP contribution is -2.08. The summed E-state index contributed by atoms with van der Waals surface area (Å²) >= 11 is 5.88. The van der Waals surface area contributed by atoms with Crippen LogP contribution in [0.1, 0.15) is 17.0 Å². The molecule has 3 rings (SSSR count). The van der Waals surface area contributed by atoms with Gasteiger partial charge in [-0.05, 0) is 36.2 Å². The van der Waals surface area contributed by atoms with Crippen LogP contribution >= 0.6 is 11.6 Å². The maximum atomic E-state index is 5.88. The van der Waals surface area contributed by atoms with Gasteiger partial charge >= 0.3 is 0 Å². The number of halogens is 1. The van der Waals surface area contributed by atoms with Gasteiger partial charge in [0, 0.05) is 30.9 Å². The highest BCUT2D eigenvalue weighted by Crippen LogP contribution is 2.17. The van der Waals surface area contributed by atoms with E-state index < -0.39 is 0 Å². The molecule has 0 atom stereocenters. The molecule has 0 aliphatic heterocycles. The third kappa shape index (κ3) is 2.39. The van der Waals surface area contributed by atoms with E-state index in [4.69, 9.17) is 11.6 Å². The molecule has 0 saturated carbocycles. The zero-order valence-electron chi connectivity index (χ0n) is 11.3. The fraction of sp³-hybridized carbons (Fsp3) is 0.267. The van der Waals surface area contributed by atoms with Crippen molar-refractivity contribution in [2.24, 2.45) is 0 Å². The maximum absolute atomic E-state index is 5.88. The van der Waals surface area contributed by atoms with Crippen LogP contribution in [0.3, 0.4) is 0 Å². The van der Waals surface area contributed by atoms with Gasteiger partial charge in [0.1, 0.15) is 11.3 Å². The van der Waals surface area contributed by atoms with Crippen molar-refractivity contribution in [1.29, 1.82) is 0 Å². The van der Waals surface area contributed by atoms with Gasteiger partial charge in [0.05, 0.1) is 6.54 Å². The lowest BCUT2D eigenvalue weighted by atomic mass is 10.1. The van der Waals surface area contributed by atoms with Gasteiger partial charge in [-0.3, -0.25) is 4.98 Å². The Morgan fingerprint density at radius 2 is 2.15 bits per heavy atom. The van der Waals surface area contributed by atoms with Gasteiger partial charge in [0.25, 0.3) is 0 Å². The molecule has 0 saturated heterocycles. The minimum absolute atomic E-state index is 0.551. The number of imidazole rings is 1. The first-order chi connectivity index (χ1) is 9.79. The molecule has 0 aliphatic carbocycles. The summed E-state index contributed by atoms with van der Waals surface area (Å²) in [5.41, 5.74) is 4.20. The Labute approximate surface area is 122 Å². The molecule has 4 nitrogen and oxygen atoms in total. The smallest absolute Gasteiger partial charge is 0.160 e. The van der Waals surface area contributed by atoms with Crippen LogP contribution in [0.15, 0.2) is 36.8 Å². The van der Waals surface area contributed by atoms with E-state index in [1.54, 1.807) is 6.20 Å². The summed E-state index contributed by atoms with van der Waals surface area (Å²) in [5.74, 6) is 1.52. The van der Waals surface area contributed by atoms with Gasteiger partial charge in [-0.1, -0.05) is 0 Å². The van der Waals surface area contributed by atoms with Crippen molar-refractivity contribution in [2.45, 2.75) is 19.9 Å². The number of hydrogen-bond acceptors (Lipinski definition) is 3. The topological polar surface area (TPSA) is 43.6 Å². The maximum Gasteiger partial charge on any atom is 0.160 e. The van der Waals surface area contributed by atoms with Crippen LogP contribution in [-0.4, -0.2) is 25.4 Å². The Balaban J connectivity index is 2.09. The first-order valence-electron chi connectivity index (χ1n) is 6.55.